The molecular weight excluding hydrogens is 230 g/mol. The Morgan fingerprint density at radius 2 is 2.35 bits per heavy atom. The second-order valence-electron chi connectivity index (χ2n) is 5.19. The van der Waals surface area contributed by atoms with Gasteiger partial charge in [-0.1, -0.05) is 13.8 Å². The zero-order chi connectivity index (χ0) is 12.4. The topological polar surface area (TPSA) is 28.2 Å². The van der Waals surface area contributed by atoms with Gasteiger partial charge >= 0.3 is 0 Å². The van der Waals surface area contributed by atoms with Crippen molar-refractivity contribution in [3.63, 3.8) is 0 Å². The maximum absolute atomic E-state index is 4.72. The highest BCUT2D eigenvalue weighted by molar-refractivity contribution is 7.13. The number of anilines is 1. The van der Waals surface area contributed by atoms with Crippen LogP contribution in [0.4, 0.5) is 5.13 Å². The Kier molecular flexibility index (Phi) is 4.05. The van der Waals surface area contributed by atoms with Gasteiger partial charge in [-0.05, 0) is 31.7 Å². The molecule has 1 aromatic rings. The Bertz CT molecular complexity index is 363. The summed E-state index contributed by atoms with van der Waals surface area (Å²) in [5, 5.41) is 6.73. The van der Waals surface area contributed by atoms with E-state index < -0.39 is 0 Å². The Morgan fingerprint density at radius 1 is 1.65 bits per heavy atom. The first-order valence-corrected chi connectivity index (χ1v) is 7.39. The van der Waals surface area contributed by atoms with Crippen molar-refractivity contribution in [2.24, 2.45) is 11.8 Å². The molecule has 0 aliphatic heterocycles. The predicted octanol–water partition coefficient (Wildman–Crippen LogP) is 2.91. The van der Waals surface area contributed by atoms with Gasteiger partial charge in [0.05, 0.1) is 5.69 Å². The first kappa shape index (κ1) is 12.8. The van der Waals surface area contributed by atoms with Crippen LogP contribution in [0.15, 0.2) is 5.38 Å². The van der Waals surface area contributed by atoms with Crippen LogP contribution in [-0.2, 0) is 0 Å². The monoisotopic (exact) mass is 253 g/mol. The summed E-state index contributed by atoms with van der Waals surface area (Å²) in [6, 6.07) is 0.359. The molecule has 3 unspecified atom stereocenters. The minimum absolute atomic E-state index is 0.359. The fraction of sp³-hybridized carbons (Fsp3) is 0.769. The average molecular weight is 253 g/mol. The summed E-state index contributed by atoms with van der Waals surface area (Å²) < 4.78 is 0. The number of nitrogens with zero attached hydrogens (tertiary/aromatic N) is 2. The van der Waals surface area contributed by atoms with Gasteiger partial charge in [-0.3, -0.25) is 0 Å². The zero-order valence-corrected chi connectivity index (χ0v) is 12.0. The molecular formula is C13H23N3S. The van der Waals surface area contributed by atoms with Crippen molar-refractivity contribution in [3.05, 3.63) is 11.1 Å². The molecule has 0 saturated heterocycles. The van der Waals surface area contributed by atoms with Crippen LogP contribution in [0.1, 0.15) is 38.9 Å². The number of thiazole rings is 1. The number of rotatable bonds is 6. The fourth-order valence-corrected chi connectivity index (χ4v) is 3.04. The molecule has 96 valence electrons. The molecule has 0 spiro atoms. The molecule has 0 bridgehead atoms. The summed E-state index contributed by atoms with van der Waals surface area (Å²) in [5.74, 6) is 1.80. The van der Waals surface area contributed by atoms with E-state index in [4.69, 9.17) is 4.98 Å². The number of hydrogen-bond donors (Lipinski definition) is 1. The van der Waals surface area contributed by atoms with E-state index >= 15 is 0 Å². The van der Waals surface area contributed by atoms with Crippen molar-refractivity contribution in [2.45, 2.75) is 33.2 Å². The second-order valence-corrected chi connectivity index (χ2v) is 6.02. The Hall–Kier alpha value is -0.610. The van der Waals surface area contributed by atoms with Gasteiger partial charge in [0, 0.05) is 25.0 Å². The van der Waals surface area contributed by atoms with Crippen LogP contribution in [-0.4, -0.2) is 25.1 Å². The van der Waals surface area contributed by atoms with E-state index in [1.165, 1.54) is 12.1 Å². The number of aromatic nitrogens is 1. The van der Waals surface area contributed by atoms with Crippen molar-refractivity contribution in [2.75, 3.05) is 25.0 Å². The lowest BCUT2D eigenvalue weighted by Crippen LogP contribution is -2.21. The first-order valence-electron chi connectivity index (χ1n) is 6.51. The summed E-state index contributed by atoms with van der Waals surface area (Å²) in [5.41, 5.74) is 1.17. The highest BCUT2D eigenvalue weighted by Gasteiger charge is 2.33. The van der Waals surface area contributed by atoms with Crippen LogP contribution >= 0.6 is 11.3 Å². The molecule has 0 amide bonds. The van der Waals surface area contributed by atoms with Gasteiger partial charge in [0.1, 0.15) is 0 Å². The van der Waals surface area contributed by atoms with Gasteiger partial charge in [0.2, 0.25) is 0 Å². The molecule has 17 heavy (non-hydrogen) atoms. The third-order valence-corrected chi connectivity index (χ3v) is 4.55. The van der Waals surface area contributed by atoms with E-state index in [1.54, 1.807) is 11.3 Å². The minimum Gasteiger partial charge on any atom is -0.351 e. The van der Waals surface area contributed by atoms with E-state index in [-0.39, 0.29) is 0 Å². The summed E-state index contributed by atoms with van der Waals surface area (Å²) in [7, 11) is 2.16. The normalized spacial score (nSPS) is 24.7. The molecule has 2 rings (SSSR count). The first-order chi connectivity index (χ1) is 8.11. The van der Waals surface area contributed by atoms with E-state index in [0.29, 0.717) is 6.04 Å². The lowest BCUT2D eigenvalue weighted by Gasteiger charge is -2.15. The SMILES string of the molecule is CCNC(C)c1csc(N(C)CC2CC2C)n1. The molecule has 3 nitrogen and oxygen atoms in total. The van der Waals surface area contributed by atoms with Crippen LogP contribution in [0.25, 0.3) is 0 Å². The van der Waals surface area contributed by atoms with Crippen molar-refractivity contribution < 1.29 is 0 Å². The van der Waals surface area contributed by atoms with E-state index in [9.17, 15) is 0 Å². The Balaban J connectivity index is 1.92. The second kappa shape index (κ2) is 5.36. The van der Waals surface area contributed by atoms with Crippen LogP contribution in [0.5, 0.6) is 0 Å². The maximum Gasteiger partial charge on any atom is 0.185 e. The standard InChI is InChI=1S/C13H23N3S/c1-5-14-10(3)12-8-17-13(15-12)16(4)7-11-6-9(11)2/h8-11,14H,5-7H2,1-4H3. The smallest absolute Gasteiger partial charge is 0.185 e. The third kappa shape index (κ3) is 3.19. The third-order valence-electron chi connectivity index (χ3n) is 3.57. The Labute approximate surface area is 108 Å². The highest BCUT2D eigenvalue weighted by atomic mass is 32.1. The zero-order valence-electron chi connectivity index (χ0n) is 11.2. The molecule has 0 radical (unpaired) electrons. The van der Waals surface area contributed by atoms with Gasteiger partial charge in [0.25, 0.3) is 0 Å². The molecule has 1 heterocycles. The fourth-order valence-electron chi connectivity index (χ4n) is 2.14. The maximum atomic E-state index is 4.72. The van der Waals surface area contributed by atoms with Gasteiger partial charge < -0.3 is 10.2 Å². The minimum atomic E-state index is 0.359. The summed E-state index contributed by atoms with van der Waals surface area (Å²) in [4.78, 5) is 7.02. The number of hydrogen-bond acceptors (Lipinski definition) is 4. The van der Waals surface area contributed by atoms with Gasteiger partial charge in [-0.25, -0.2) is 4.98 Å². The summed E-state index contributed by atoms with van der Waals surface area (Å²) in [6.07, 6.45) is 1.39. The average Bonchev–Trinajstić information content (AvgIpc) is 2.83. The quantitative estimate of drug-likeness (QED) is 0.845. The highest BCUT2D eigenvalue weighted by Crippen LogP contribution is 2.39. The van der Waals surface area contributed by atoms with Gasteiger partial charge in [0.15, 0.2) is 5.13 Å². The largest absolute Gasteiger partial charge is 0.351 e. The molecule has 1 aromatic heterocycles. The van der Waals surface area contributed by atoms with E-state index in [0.717, 1.165) is 30.1 Å². The molecule has 0 aromatic carbocycles. The van der Waals surface area contributed by atoms with E-state index in [1.807, 2.05) is 0 Å². The van der Waals surface area contributed by atoms with Crippen molar-refractivity contribution in [1.29, 1.82) is 0 Å². The van der Waals surface area contributed by atoms with Crippen molar-refractivity contribution in [1.82, 2.24) is 10.3 Å². The molecule has 3 atom stereocenters. The van der Waals surface area contributed by atoms with Crippen LogP contribution in [0, 0.1) is 11.8 Å². The Morgan fingerprint density at radius 3 is 2.94 bits per heavy atom. The molecule has 1 saturated carbocycles. The molecule has 1 aliphatic rings. The van der Waals surface area contributed by atoms with Crippen LogP contribution in [0.3, 0.4) is 0 Å². The van der Waals surface area contributed by atoms with Crippen molar-refractivity contribution >= 4 is 16.5 Å². The van der Waals surface area contributed by atoms with Crippen LogP contribution in [0.2, 0.25) is 0 Å². The molecule has 1 aliphatic carbocycles. The van der Waals surface area contributed by atoms with E-state index in [2.05, 4.69) is 43.4 Å². The lowest BCUT2D eigenvalue weighted by atomic mass is 10.2. The molecule has 1 fully saturated rings. The summed E-state index contributed by atoms with van der Waals surface area (Å²) in [6.45, 7) is 8.78. The number of nitrogens with one attached hydrogen (secondary N) is 1. The van der Waals surface area contributed by atoms with Gasteiger partial charge in [-0.15, -0.1) is 11.3 Å². The predicted molar refractivity (Wildman–Crippen MR) is 74.7 cm³/mol. The lowest BCUT2D eigenvalue weighted by molar-refractivity contribution is 0.585. The van der Waals surface area contributed by atoms with Crippen LogP contribution < -0.4 is 10.2 Å². The summed E-state index contributed by atoms with van der Waals surface area (Å²) >= 11 is 1.76. The van der Waals surface area contributed by atoms with Gasteiger partial charge in [-0.2, -0.15) is 0 Å². The molecule has 1 N–H and O–H groups in total. The van der Waals surface area contributed by atoms with Crippen molar-refractivity contribution in [3.8, 4) is 0 Å². The molecule has 4 heteroatoms.